The van der Waals surface area contributed by atoms with E-state index in [1.165, 1.54) is 60.5 Å². The Bertz CT molecular complexity index is 1930. The summed E-state index contributed by atoms with van der Waals surface area (Å²) in [6, 6.07) is 43.6. The highest BCUT2D eigenvalue weighted by molar-refractivity contribution is 6.21. The Kier molecular flexibility index (Phi) is 5.94. The zero-order valence-electron chi connectivity index (χ0n) is 22.6. The summed E-state index contributed by atoms with van der Waals surface area (Å²) in [6.07, 6.45) is 3.80. The second-order valence-corrected chi connectivity index (χ2v) is 10.4. The second kappa shape index (κ2) is 9.91. The van der Waals surface area contributed by atoms with E-state index < -0.39 is 0 Å². The summed E-state index contributed by atoms with van der Waals surface area (Å²) >= 11 is 0. The Morgan fingerprint density at radius 1 is 0.450 bits per heavy atom. The predicted molar refractivity (Wildman–Crippen MR) is 168 cm³/mol. The van der Waals surface area contributed by atoms with Crippen molar-refractivity contribution >= 4 is 21.5 Å². The number of nitrogens with zero attached hydrogens (tertiary/aromatic N) is 2. The summed E-state index contributed by atoms with van der Waals surface area (Å²) in [6.45, 7) is 4.19. The van der Waals surface area contributed by atoms with E-state index in [1.54, 1.807) is 0 Å². The van der Waals surface area contributed by atoms with Crippen LogP contribution in [0.15, 0.2) is 134 Å². The van der Waals surface area contributed by atoms with Crippen LogP contribution in [0.1, 0.15) is 11.3 Å². The van der Waals surface area contributed by atoms with Crippen LogP contribution in [0, 0.1) is 13.8 Å². The lowest BCUT2D eigenvalue weighted by atomic mass is 9.85. The van der Waals surface area contributed by atoms with Crippen molar-refractivity contribution in [2.45, 2.75) is 13.8 Å². The monoisotopic (exact) mass is 512 g/mol. The maximum atomic E-state index is 4.58. The molecule has 0 aliphatic carbocycles. The molecule has 0 atom stereocenters. The summed E-state index contributed by atoms with van der Waals surface area (Å²) in [5.74, 6) is 0. The number of rotatable bonds is 4. The zero-order valence-corrected chi connectivity index (χ0v) is 22.6. The molecule has 40 heavy (non-hydrogen) atoms. The van der Waals surface area contributed by atoms with Gasteiger partial charge in [-0.25, -0.2) is 0 Å². The van der Waals surface area contributed by atoms with Crippen molar-refractivity contribution in [1.29, 1.82) is 0 Å². The molecule has 0 fully saturated rings. The molecule has 0 radical (unpaired) electrons. The minimum absolute atomic E-state index is 1.00. The highest BCUT2D eigenvalue weighted by atomic mass is 14.7. The second-order valence-electron chi connectivity index (χ2n) is 10.4. The lowest BCUT2D eigenvalue weighted by Crippen LogP contribution is -1.92. The van der Waals surface area contributed by atoms with E-state index >= 15 is 0 Å². The van der Waals surface area contributed by atoms with Crippen LogP contribution in [0.3, 0.4) is 0 Å². The van der Waals surface area contributed by atoms with E-state index in [-0.39, 0.29) is 0 Å². The third kappa shape index (κ3) is 4.15. The summed E-state index contributed by atoms with van der Waals surface area (Å²) in [5, 5.41) is 5.03. The van der Waals surface area contributed by atoms with Gasteiger partial charge in [-0.1, -0.05) is 103 Å². The Morgan fingerprint density at radius 2 is 1.00 bits per heavy atom. The third-order valence-corrected chi connectivity index (χ3v) is 7.81. The maximum Gasteiger partial charge on any atom is 0.0704 e. The van der Waals surface area contributed by atoms with Gasteiger partial charge in [-0.05, 0) is 87.0 Å². The molecular weight excluding hydrogens is 484 g/mol. The van der Waals surface area contributed by atoms with Crippen LogP contribution in [0.4, 0.5) is 0 Å². The Morgan fingerprint density at radius 3 is 1.55 bits per heavy atom. The van der Waals surface area contributed by atoms with Gasteiger partial charge >= 0.3 is 0 Å². The highest BCUT2D eigenvalue weighted by Crippen LogP contribution is 2.44. The first-order valence-electron chi connectivity index (χ1n) is 13.7. The fraction of sp³-hybridized carbons (Fsp3) is 0.0526. The van der Waals surface area contributed by atoms with E-state index in [2.05, 4.69) is 126 Å². The van der Waals surface area contributed by atoms with Crippen LogP contribution in [0.2, 0.25) is 0 Å². The van der Waals surface area contributed by atoms with E-state index in [4.69, 9.17) is 0 Å². The fourth-order valence-electron chi connectivity index (χ4n) is 5.85. The first kappa shape index (κ1) is 24.0. The maximum absolute atomic E-state index is 4.58. The molecule has 5 aromatic carbocycles. The van der Waals surface area contributed by atoms with Crippen LogP contribution in [-0.2, 0) is 0 Å². The van der Waals surface area contributed by atoms with Crippen molar-refractivity contribution in [3.05, 3.63) is 145 Å². The minimum atomic E-state index is 1.00. The number of benzene rings is 5. The fourth-order valence-corrected chi connectivity index (χ4v) is 5.85. The number of pyridine rings is 2. The van der Waals surface area contributed by atoms with Gasteiger partial charge < -0.3 is 0 Å². The molecule has 0 saturated carbocycles. The number of hydrogen-bond donors (Lipinski definition) is 0. The van der Waals surface area contributed by atoms with E-state index in [9.17, 15) is 0 Å². The van der Waals surface area contributed by atoms with Gasteiger partial charge in [0.05, 0.1) is 5.69 Å². The largest absolute Gasteiger partial charge is 0.261 e. The molecule has 7 aromatic rings. The lowest BCUT2D eigenvalue weighted by molar-refractivity contribution is 1.20. The van der Waals surface area contributed by atoms with Crippen LogP contribution in [0.5, 0.6) is 0 Å². The van der Waals surface area contributed by atoms with Crippen LogP contribution >= 0.6 is 0 Å². The number of hydrogen-bond acceptors (Lipinski definition) is 2. The van der Waals surface area contributed by atoms with Crippen LogP contribution in [0.25, 0.3) is 66.2 Å². The van der Waals surface area contributed by atoms with Crippen molar-refractivity contribution in [3.8, 4) is 44.6 Å². The third-order valence-electron chi connectivity index (χ3n) is 7.81. The van der Waals surface area contributed by atoms with Gasteiger partial charge in [0.15, 0.2) is 0 Å². The van der Waals surface area contributed by atoms with Gasteiger partial charge in [-0.15, -0.1) is 0 Å². The van der Waals surface area contributed by atoms with Gasteiger partial charge in [-0.2, -0.15) is 0 Å². The average molecular weight is 513 g/mol. The highest BCUT2D eigenvalue weighted by Gasteiger charge is 2.17. The average Bonchev–Trinajstić information content (AvgIpc) is 3.01. The Labute approximate surface area is 234 Å². The van der Waals surface area contributed by atoms with E-state index in [0.717, 1.165) is 17.0 Å². The summed E-state index contributed by atoms with van der Waals surface area (Å²) < 4.78 is 0. The molecule has 2 heteroatoms. The summed E-state index contributed by atoms with van der Waals surface area (Å²) in [4.78, 5) is 9.06. The molecule has 0 aliphatic heterocycles. The summed E-state index contributed by atoms with van der Waals surface area (Å²) in [5.41, 5.74) is 11.7. The molecule has 2 heterocycles. The molecule has 0 unspecified atom stereocenters. The van der Waals surface area contributed by atoms with Crippen molar-refractivity contribution in [2.24, 2.45) is 0 Å². The van der Waals surface area contributed by atoms with Crippen molar-refractivity contribution in [3.63, 3.8) is 0 Å². The van der Waals surface area contributed by atoms with Gasteiger partial charge in [0, 0.05) is 29.2 Å². The first-order valence-corrected chi connectivity index (χ1v) is 13.7. The van der Waals surface area contributed by atoms with Crippen molar-refractivity contribution in [1.82, 2.24) is 9.97 Å². The number of aromatic nitrogens is 2. The Hall–Kier alpha value is -5.08. The van der Waals surface area contributed by atoms with E-state index in [1.807, 2.05) is 31.5 Å². The number of aryl methyl sites for hydroxylation is 2. The summed E-state index contributed by atoms with van der Waals surface area (Å²) in [7, 11) is 0. The van der Waals surface area contributed by atoms with Gasteiger partial charge in [0.2, 0.25) is 0 Å². The molecular formula is C38H28N2. The van der Waals surface area contributed by atoms with Gasteiger partial charge in [0.1, 0.15) is 0 Å². The smallest absolute Gasteiger partial charge is 0.0704 e. The molecule has 7 rings (SSSR count). The molecule has 0 amide bonds. The molecule has 0 aliphatic rings. The molecule has 2 aromatic heterocycles. The van der Waals surface area contributed by atoms with Crippen molar-refractivity contribution in [2.75, 3.05) is 0 Å². The zero-order chi connectivity index (χ0) is 27.1. The standard InChI is InChI=1S/C38H28N2/c1-25-23-29(20-21-31(25)36-13-7-8-22-39-36)38-34-11-5-3-9-32(34)37(33-10-4-6-12-35(33)38)28-18-16-27(17-19-28)30-15-14-26(2)40-24-30/h3-24H,1-2H3. The quantitative estimate of drug-likeness (QED) is 0.219. The Balaban J connectivity index is 1.43. The lowest BCUT2D eigenvalue weighted by Gasteiger charge is -2.18. The molecule has 190 valence electrons. The predicted octanol–water partition coefficient (Wildman–Crippen LogP) is 10.1. The van der Waals surface area contributed by atoms with Crippen LogP contribution in [-0.4, -0.2) is 9.97 Å². The SMILES string of the molecule is Cc1ccc(-c2ccc(-c3c4ccccc4c(-c4ccc(-c5ccccn5)c(C)c4)c4ccccc34)cc2)cn1. The van der Waals surface area contributed by atoms with Gasteiger partial charge in [0.25, 0.3) is 0 Å². The normalized spacial score (nSPS) is 11.2. The van der Waals surface area contributed by atoms with E-state index in [0.29, 0.717) is 0 Å². The van der Waals surface area contributed by atoms with Gasteiger partial charge in [-0.3, -0.25) is 9.97 Å². The number of fused-ring (bicyclic) bond motifs is 2. The molecule has 2 nitrogen and oxygen atoms in total. The molecule has 0 spiro atoms. The molecule has 0 saturated heterocycles. The van der Waals surface area contributed by atoms with Crippen LogP contribution < -0.4 is 0 Å². The molecule has 0 N–H and O–H groups in total. The topological polar surface area (TPSA) is 25.8 Å². The van der Waals surface area contributed by atoms with Crippen molar-refractivity contribution < 1.29 is 0 Å². The molecule has 0 bridgehead atoms. The first-order chi connectivity index (χ1) is 19.7. The minimum Gasteiger partial charge on any atom is -0.261 e.